The summed E-state index contributed by atoms with van der Waals surface area (Å²) in [5, 5.41) is 0. The normalized spacial score (nSPS) is 30.7. The zero-order chi connectivity index (χ0) is 9.10. The maximum atomic E-state index is 5.52. The molecule has 13 heavy (non-hydrogen) atoms. The van der Waals surface area contributed by atoms with Crippen LogP contribution < -0.4 is 5.73 Å². The van der Waals surface area contributed by atoms with Crippen molar-refractivity contribution >= 4 is 11.8 Å². The molecule has 2 heterocycles. The number of thioether (sulfide) groups is 1. The fraction of sp³-hybridized carbons (Fsp3) is 1.00. The van der Waals surface area contributed by atoms with Crippen molar-refractivity contribution in [1.29, 1.82) is 0 Å². The average molecular weight is 200 g/mol. The van der Waals surface area contributed by atoms with Gasteiger partial charge in [0, 0.05) is 24.1 Å². The zero-order valence-electron chi connectivity index (χ0n) is 8.24. The molecule has 2 N–H and O–H groups in total. The van der Waals surface area contributed by atoms with Gasteiger partial charge in [0.2, 0.25) is 0 Å². The molecule has 2 saturated heterocycles. The third kappa shape index (κ3) is 2.39. The highest BCUT2D eigenvalue weighted by atomic mass is 32.2. The molecule has 2 aliphatic heterocycles. The molecule has 0 saturated carbocycles. The summed E-state index contributed by atoms with van der Waals surface area (Å²) in [6, 6.07) is 0.924. The second-order valence-electron chi connectivity index (χ2n) is 4.27. The molecular weight excluding hydrogens is 180 g/mol. The van der Waals surface area contributed by atoms with E-state index in [2.05, 4.69) is 16.7 Å². The van der Waals surface area contributed by atoms with Crippen LogP contribution in [-0.2, 0) is 0 Å². The van der Waals surface area contributed by atoms with E-state index in [4.69, 9.17) is 5.73 Å². The van der Waals surface area contributed by atoms with Crippen LogP contribution in [0.4, 0.5) is 0 Å². The summed E-state index contributed by atoms with van der Waals surface area (Å²) in [6.45, 7) is 3.57. The molecule has 3 heteroatoms. The largest absolute Gasteiger partial charge is 0.330 e. The Hall–Kier alpha value is 0.270. The topological polar surface area (TPSA) is 29.3 Å². The summed E-state index contributed by atoms with van der Waals surface area (Å²) in [4.78, 5) is 2.69. The van der Waals surface area contributed by atoms with E-state index in [9.17, 15) is 0 Å². The minimum absolute atomic E-state index is 0.871. The van der Waals surface area contributed by atoms with E-state index in [1.165, 1.54) is 43.9 Å². The number of likely N-dealkylation sites (tertiary alicyclic amines) is 1. The lowest BCUT2D eigenvalue weighted by Gasteiger charge is -2.34. The molecule has 0 spiro atoms. The zero-order valence-corrected chi connectivity index (χ0v) is 9.06. The summed E-state index contributed by atoms with van der Waals surface area (Å²) in [6.07, 6.45) is 3.99. The second kappa shape index (κ2) is 4.67. The van der Waals surface area contributed by atoms with Gasteiger partial charge in [-0.25, -0.2) is 0 Å². The van der Waals surface area contributed by atoms with Crippen LogP contribution in [0, 0.1) is 5.92 Å². The highest BCUT2D eigenvalue weighted by molar-refractivity contribution is 8.00. The highest BCUT2D eigenvalue weighted by Gasteiger charge is 2.31. The van der Waals surface area contributed by atoms with Crippen molar-refractivity contribution in [2.75, 3.05) is 31.1 Å². The van der Waals surface area contributed by atoms with Crippen LogP contribution >= 0.6 is 11.8 Å². The van der Waals surface area contributed by atoms with E-state index < -0.39 is 0 Å². The van der Waals surface area contributed by atoms with Gasteiger partial charge in [-0.05, 0) is 38.3 Å². The number of nitrogens with two attached hydrogens (primary N) is 1. The maximum absolute atomic E-state index is 5.52. The van der Waals surface area contributed by atoms with Crippen molar-refractivity contribution in [3.63, 3.8) is 0 Å². The summed E-state index contributed by atoms with van der Waals surface area (Å²) >= 11 is 2.09. The van der Waals surface area contributed by atoms with Crippen LogP contribution in [0.15, 0.2) is 0 Å². The third-order valence-electron chi connectivity index (χ3n) is 3.27. The number of rotatable bonds is 4. The summed E-state index contributed by atoms with van der Waals surface area (Å²) in [5.74, 6) is 3.71. The van der Waals surface area contributed by atoms with Crippen molar-refractivity contribution in [2.24, 2.45) is 11.7 Å². The van der Waals surface area contributed by atoms with Gasteiger partial charge < -0.3 is 5.73 Å². The number of nitrogens with zero attached hydrogens (tertiary/aromatic N) is 1. The van der Waals surface area contributed by atoms with Crippen molar-refractivity contribution < 1.29 is 0 Å². The Bertz CT molecular complexity index is 159. The van der Waals surface area contributed by atoms with Gasteiger partial charge >= 0.3 is 0 Å². The van der Waals surface area contributed by atoms with Crippen molar-refractivity contribution in [2.45, 2.75) is 25.3 Å². The molecule has 1 unspecified atom stereocenters. The Kier molecular flexibility index (Phi) is 3.52. The van der Waals surface area contributed by atoms with Gasteiger partial charge in [0.25, 0.3) is 0 Å². The predicted molar refractivity (Wildman–Crippen MR) is 59.1 cm³/mol. The van der Waals surface area contributed by atoms with Crippen LogP contribution in [0.25, 0.3) is 0 Å². The molecule has 0 aromatic heterocycles. The molecule has 0 aromatic rings. The van der Waals surface area contributed by atoms with E-state index in [0.717, 1.165) is 18.5 Å². The quantitative estimate of drug-likeness (QED) is 0.738. The van der Waals surface area contributed by atoms with Gasteiger partial charge in [-0.3, -0.25) is 4.90 Å². The van der Waals surface area contributed by atoms with E-state index in [1.54, 1.807) is 0 Å². The van der Waals surface area contributed by atoms with Gasteiger partial charge in [0.05, 0.1) is 0 Å². The van der Waals surface area contributed by atoms with Crippen LogP contribution in [0.3, 0.4) is 0 Å². The third-order valence-corrected chi connectivity index (χ3v) is 4.51. The summed E-state index contributed by atoms with van der Waals surface area (Å²) in [7, 11) is 0. The number of hydrogen-bond donors (Lipinski definition) is 1. The lowest BCUT2D eigenvalue weighted by Crippen LogP contribution is -2.42. The molecular formula is C10H20N2S. The monoisotopic (exact) mass is 200 g/mol. The first-order valence-corrected chi connectivity index (χ1v) is 6.57. The van der Waals surface area contributed by atoms with Gasteiger partial charge in [-0.1, -0.05) is 0 Å². The Labute approximate surface area is 85.2 Å². The van der Waals surface area contributed by atoms with Crippen LogP contribution in [0.1, 0.15) is 19.3 Å². The minimum Gasteiger partial charge on any atom is -0.330 e. The first kappa shape index (κ1) is 9.81. The summed E-state index contributed by atoms with van der Waals surface area (Å²) in [5.41, 5.74) is 5.52. The second-order valence-corrected chi connectivity index (χ2v) is 5.35. The molecule has 0 aliphatic carbocycles. The first-order chi connectivity index (χ1) is 6.40. The Morgan fingerprint density at radius 2 is 2.23 bits per heavy atom. The number of hydrogen-bond acceptors (Lipinski definition) is 3. The maximum Gasteiger partial charge on any atom is 0.0277 e. The van der Waals surface area contributed by atoms with Crippen LogP contribution in [0.2, 0.25) is 0 Å². The molecule has 0 bridgehead atoms. The highest BCUT2D eigenvalue weighted by Crippen LogP contribution is 2.29. The smallest absolute Gasteiger partial charge is 0.0277 e. The van der Waals surface area contributed by atoms with Gasteiger partial charge in [0.1, 0.15) is 0 Å². The van der Waals surface area contributed by atoms with Crippen LogP contribution in [-0.4, -0.2) is 42.1 Å². The summed E-state index contributed by atoms with van der Waals surface area (Å²) < 4.78 is 0. The Morgan fingerprint density at radius 3 is 2.85 bits per heavy atom. The standard InChI is InChI=1S/C10H20N2S/c11-4-1-2-9-3-5-12(6-9)10-7-13-8-10/h9-10H,1-8,11H2. The molecule has 2 aliphatic rings. The van der Waals surface area contributed by atoms with Crippen molar-refractivity contribution in [1.82, 2.24) is 4.90 Å². The first-order valence-electron chi connectivity index (χ1n) is 5.42. The molecule has 2 rings (SSSR count). The van der Waals surface area contributed by atoms with E-state index in [-0.39, 0.29) is 0 Å². The van der Waals surface area contributed by atoms with Crippen molar-refractivity contribution in [3.05, 3.63) is 0 Å². The molecule has 2 fully saturated rings. The fourth-order valence-electron chi connectivity index (χ4n) is 2.27. The molecule has 1 atom stereocenters. The molecule has 76 valence electrons. The Balaban J connectivity index is 1.67. The molecule has 0 radical (unpaired) electrons. The minimum atomic E-state index is 0.871. The van der Waals surface area contributed by atoms with Gasteiger partial charge in [0.15, 0.2) is 0 Å². The lowest BCUT2D eigenvalue weighted by atomic mass is 10.0. The Morgan fingerprint density at radius 1 is 1.38 bits per heavy atom. The van der Waals surface area contributed by atoms with Crippen molar-refractivity contribution in [3.8, 4) is 0 Å². The van der Waals surface area contributed by atoms with Crippen LogP contribution in [0.5, 0.6) is 0 Å². The van der Waals surface area contributed by atoms with E-state index >= 15 is 0 Å². The van der Waals surface area contributed by atoms with E-state index in [1.807, 2.05) is 0 Å². The molecule has 0 amide bonds. The van der Waals surface area contributed by atoms with Gasteiger partial charge in [-0.15, -0.1) is 0 Å². The lowest BCUT2D eigenvalue weighted by molar-refractivity contribution is 0.261. The fourth-order valence-corrected chi connectivity index (χ4v) is 3.14. The predicted octanol–water partition coefficient (Wildman–Crippen LogP) is 1.16. The molecule has 0 aromatic carbocycles. The SMILES string of the molecule is NCCCC1CCN(C2CSC2)C1. The average Bonchev–Trinajstić information content (AvgIpc) is 2.46. The molecule has 2 nitrogen and oxygen atoms in total. The van der Waals surface area contributed by atoms with E-state index in [0.29, 0.717) is 0 Å². The van der Waals surface area contributed by atoms with Gasteiger partial charge in [-0.2, -0.15) is 11.8 Å².